The highest BCUT2D eigenvalue weighted by atomic mass is 16.5. The van der Waals surface area contributed by atoms with Crippen LogP contribution in [-0.2, 0) is 34.5 Å². The summed E-state index contributed by atoms with van der Waals surface area (Å²) in [7, 11) is 3.51. The van der Waals surface area contributed by atoms with Crippen molar-refractivity contribution in [2.45, 2.75) is 13.1 Å². The minimum Gasteiger partial charge on any atom is -0.467 e. The van der Waals surface area contributed by atoms with E-state index in [0.717, 1.165) is 11.3 Å². The van der Waals surface area contributed by atoms with Crippen molar-refractivity contribution in [2.75, 3.05) is 26.8 Å². The van der Waals surface area contributed by atoms with Crippen LogP contribution in [0.25, 0.3) is 6.08 Å². The molecule has 2 amide bonds. The van der Waals surface area contributed by atoms with Gasteiger partial charge in [0.2, 0.25) is 11.8 Å². The average Bonchev–Trinajstić information content (AvgIpc) is 3.47. The van der Waals surface area contributed by atoms with Gasteiger partial charge >= 0.3 is 0 Å². The Morgan fingerprint density at radius 1 is 1.03 bits per heavy atom. The van der Waals surface area contributed by atoms with Gasteiger partial charge < -0.3 is 23.5 Å². The van der Waals surface area contributed by atoms with Crippen LogP contribution in [0.5, 0.6) is 0 Å². The second kappa shape index (κ2) is 11.7. The molecule has 2 heterocycles. The van der Waals surface area contributed by atoms with Crippen LogP contribution in [0.1, 0.15) is 17.0 Å². The number of methoxy groups -OCH3 is 1. The molecule has 0 unspecified atom stereocenters. The van der Waals surface area contributed by atoms with E-state index in [9.17, 15) is 9.59 Å². The van der Waals surface area contributed by atoms with Crippen molar-refractivity contribution in [3.05, 3.63) is 90.2 Å². The van der Waals surface area contributed by atoms with E-state index >= 15 is 0 Å². The summed E-state index contributed by atoms with van der Waals surface area (Å²) in [5, 5.41) is 0. The third-order valence-corrected chi connectivity index (χ3v) is 5.10. The number of amides is 2. The van der Waals surface area contributed by atoms with Gasteiger partial charge in [-0.15, -0.1) is 0 Å². The van der Waals surface area contributed by atoms with E-state index in [1.54, 1.807) is 30.4 Å². The molecule has 168 valence electrons. The van der Waals surface area contributed by atoms with Crippen LogP contribution in [0.4, 0.5) is 0 Å². The zero-order chi connectivity index (χ0) is 22.8. The lowest BCUT2D eigenvalue weighted by molar-refractivity contribution is -0.139. The summed E-state index contributed by atoms with van der Waals surface area (Å²) in [5.41, 5.74) is 1.91. The number of aryl methyl sites for hydroxylation is 1. The molecule has 0 radical (unpaired) electrons. The number of hydrogen-bond donors (Lipinski definition) is 0. The first-order valence-corrected chi connectivity index (χ1v) is 10.5. The standard InChI is InChI=1S/C25H29N3O4/c1-26-14-6-10-22(26)18-28(19-23-11-7-16-32-23)25(30)20-27(15-17-31-2)24(29)13-12-21-8-4-3-5-9-21/h3-14,16H,15,17-20H2,1-2H3. The SMILES string of the molecule is COCCN(CC(=O)N(Cc1ccco1)Cc1cccn1C)C(=O)C=Cc1ccccc1. The van der Waals surface area contributed by atoms with Gasteiger partial charge in [-0.2, -0.15) is 0 Å². The number of hydrogen-bond acceptors (Lipinski definition) is 4. The first kappa shape index (κ1) is 23.1. The van der Waals surface area contributed by atoms with Crippen LogP contribution >= 0.6 is 0 Å². The Bertz CT molecular complexity index is 1010. The van der Waals surface area contributed by atoms with Crippen molar-refractivity contribution in [3.8, 4) is 0 Å². The lowest BCUT2D eigenvalue weighted by atomic mass is 10.2. The number of nitrogens with zero attached hydrogens (tertiary/aromatic N) is 3. The summed E-state index contributed by atoms with van der Waals surface area (Å²) in [6.45, 7) is 1.35. The highest BCUT2D eigenvalue weighted by Gasteiger charge is 2.22. The molecule has 3 aromatic rings. The van der Waals surface area contributed by atoms with E-state index in [1.165, 1.54) is 11.0 Å². The summed E-state index contributed by atoms with van der Waals surface area (Å²) in [5.74, 6) is 0.280. The lowest BCUT2D eigenvalue weighted by Crippen LogP contribution is -2.43. The molecule has 0 fully saturated rings. The van der Waals surface area contributed by atoms with Gasteiger partial charge in [-0.1, -0.05) is 30.3 Å². The molecule has 1 aromatic carbocycles. The van der Waals surface area contributed by atoms with Crippen molar-refractivity contribution in [1.29, 1.82) is 0 Å². The number of rotatable bonds is 11. The molecule has 32 heavy (non-hydrogen) atoms. The molecule has 7 heteroatoms. The molecule has 7 nitrogen and oxygen atoms in total. The second-order valence-corrected chi connectivity index (χ2v) is 7.44. The van der Waals surface area contributed by atoms with Gasteiger partial charge in [-0.3, -0.25) is 9.59 Å². The zero-order valence-electron chi connectivity index (χ0n) is 18.5. The zero-order valence-corrected chi connectivity index (χ0v) is 18.5. The van der Waals surface area contributed by atoms with Crippen molar-refractivity contribution >= 4 is 17.9 Å². The number of carbonyl (C=O) groups excluding carboxylic acids is 2. The van der Waals surface area contributed by atoms with Gasteiger partial charge in [0.15, 0.2) is 0 Å². The molecule has 3 rings (SSSR count). The molecule has 2 aromatic heterocycles. The minimum absolute atomic E-state index is 0.0492. The summed E-state index contributed by atoms with van der Waals surface area (Å²) >= 11 is 0. The van der Waals surface area contributed by atoms with Crippen LogP contribution in [0, 0.1) is 0 Å². The van der Waals surface area contributed by atoms with Crippen molar-refractivity contribution in [2.24, 2.45) is 7.05 Å². The Morgan fingerprint density at radius 3 is 2.50 bits per heavy atom. The van der Waals surface area contributed by atoms with Crippen LogP contribution in [0.3, 0.4) is 0 Å². The topological polar surface area (TPSA) is 67.9 Å². The number of carbonyl (C=O) groups is 2. The van der Waals surface area contributed by atoms with Crippen molar-refractivity contribution in [1.82, 2.24) is 14.4 Å². The summed E-state index contributed by atoms with van der Waals surface area (Å²) in [4.78, 5) is 29.3. The van der Waals surface area contributed by atoms with E-state index in [4.69, 9.17) is 9.15 Å². The van der Waals surface area contributed by atoms with E-state index < -0.39 is 0 Å². The number of furan rings is 1. The van der Waals surface area contributed by atoms with E-state index in [0.29, 0.717) is 32.0 Å². The highest BCUT2D eigenvalue weighted by molar-refractivity contribution is 5.94. The first-order chi connectivity index (χ1) is 15.6. The fourth-order valence-electron chi connectivity index (χ4n) is 3.25. The molecule has 0 saturated heterocycles. The van der Waals surface area contributed by atoms with Gasteiger partial charge in [0.1, 0.15) is 12.3 Å². The fraction of sp³-hybridized carbons (Fsp3) is 0.280. The Balaban J connectivity index is 1.73. The molecule has 0 atom stereocenters. The van der Waals surface area contributed by atoms with E-state index in [-0.39, 0.29) is 18.4 Å². The van der Waals surface area contributed by atoms with Gasteiger partial charge in [-0.05, 0) is 35.9 Å². The molecule has 0 aliphatic carbocycles. The van der Waals surface area contributed by atoms with Crippen molar-refractivity contribution in [3.63, 3.8) is 0 Å². The lowest BCUT2D eigenvalue weighted by Gasteiger charge is -2.27. The Kier molecular flexibility index (Phi) is 8.45. The minimum atomic E-state index is -0.240. The van der Waals surface area contributed by atoms with Crippen LogP contribution in [0.2, 0.25) is 0 Å². The van der Waals surface area contributed by atoms with Crippen molar-refractivity contribution < 1.29 is 18.7 Å². The predicted octanol–water partition coefficient (Wildman–Crippen LogP) is 3.34. The normalized spacial score (nSPS) is 11.1. The maximum absolute atomic E-state index is 13.3. The molecular weight excluding hydrogens is 406 g/mol. The second-order valence-electron chi connectivity index (χ2n) is 7.44. The number of aromatic nitrogens is 1. The van der Waals surface area contributed by atoms with E-state index in [2.05, 4.69) is 0 Å². The average molecular weight is 436 g/mol. The maximum atomic E-state index is 13.3. The molecule has 0 N–H and O–H groups in total. The number of ether oxygens (including phenoxy) is 1. The fourth-order valence-corrected chi connectivity index (χ4v) is 3.25. The summed E-state index contributed by atoms with van der Waals surface area (Å²) in [6, 6.07) is 17.1. The molecule has 0 bridgehead atoms. The number of benzene rings is 1. The summed E-state index contributed by atoms with van der Waals surface area (Å²) < 4.78 is 12.6. The highest BCUT2D eigenvalue weighted by Crippen LogP contribution is 2.12. The Hall–Kier alpha value is -3.58. The molecule has 0 spiro atoms. The molecule has 0 saturated carbocycles. The summed E-state index contributed by atoms with van der Waals surface area (Å²) in [6.07, 6.45) is 6.76. The molecule has 0 aliphatic rings. The Morgan fingerprint density at radius 2 is 1.84 bits per heavy atom. The third kappa shape index (κ3) is 6.72. The van der Waals surface area contributed by atoms with Crippen LogP contribution < -0.4 is 0 Å². The van der Waals surface area contributed by atoms with Crippen LogP contribution in [0.15, 0.2) is 77.6 Å². The smallest absolute Gasteiger partial charge is 0.247 e. The van der Waals surface area contributed by atoms with Gasteiger partial charge in [0, 0.05) is 38.7 Å². The van der Waals surface area contributed by atoms with Gasteiger partial charge in [0.05, 0.1) is 26.0 Å². The van der Waals surface area contributed by atoms with Gasteiger partial charge in [0.25, 0.3) is 0 Å². The molecule has 0 aliphatic heterocycles. The predicted molar refractivity (Wildman–Crippen MR) is 122 cm³/mol. The van der Waals surface area contributed by atoms with Crippen LogP contribution in [-0.4, -0.2) is 53.0 Å². The quantitative estimate of drug-likeness (QED) is 0.433. The first-order valence-electron chi connectivity index (χ1n) is 10.5. The van der Waals surface area contributed by atoms with Gasteiger partial charge in [-0.25, -0.2) is 0 Å². The van der Waals surface area contributed by atoms with E-state index in [1.807, 2.05) is 66.3 Å². The monoisotopic (exact) mass is 435 g/mol. The molecular formula is C25H29N3O4. The maximum Gasteiger partial charge on any atom is 0.247 e. The largest absolute Gasteiger partial charge is 0.467 e. The third-order valence-electron chi connectivity index (χ3n) is 5.10. The Labute approximate surface area is 188 Å².